The van der Waals surface area contributed by atoms with Crippen LogP contribution >= 0.6 is 0 Å². The van der Waals surface area contributed by atoms with Gasteiger partial charge in [-0.05, 0) is 12.8 Å². The Morgan fingerprint density at radius 1 is 1.08 bits per heavy atom. The lowest BCUT2D eigenvalue weighted by atomic mass is 10.2. The van der Waals surface area contributed by atoms with E-state index in [-0.39, 0.29) is 6.10 Å². The molecule has 1 atom stereocenters. The monoisotopic (exact) mass is 340 g/mol. The summed E-state index contributed by atoms with van der Waals surface area (Å²) in [7, 11) is 0. The summed E-state index contributed by atoms with van der Waals surface area (Å²) >= 11 is 0. The van der Waals surface area contributed by atoms with Crippen LogP contribution in [0.1, 0.15) is 12.8 Å². The van der Waals surface area contributed by atoms with E-state index in [0.717, 1.165) is 75.3 Å². The molecule has 0 amide bonds. The summed E-state index contributed by atoms with van der Waals surface area (Å²) in [6.45, 7) is 4.84. The largest absolute Gasteiger partial charge is 0.378 e. The lowest BCUT2D eigenvalue weighted by Crippen LogP contribution is -2.37. The van der Waals surface area contributed by atoms with Gasteiger partial charge in [0.05, 0.1) is 19.3 Å². The molecular weight excluding hydrogens is 316 g/mol. The molecule has 6 nitrogen and oxygen atoms in total. The van der Waals surface area contributed by atoms with Gasteiger partial charge in [-0.15, -0.1) is 0 Å². The molecule has 132 valence electrons. The number of ether oxygens (including phenoxy) is 2. The molecule has 0 saturated carbocycles. The van der Waals surface area contributed by atoms with Crippen molar-refractivity contribution in [2.45, 2.75) is 18.9 Å². The molecule has 2 aliphatic rings. The van der Waals surface area contributed by atoms with Gasteiger partial charge in [-0.1, -0.05) is 30.3 Å². The van der Waals surface area contributed by atoms with Crippen molar-refractivity contribution >= 4 is 11.6 Å². The van der Waals surface area contributed by atoms with Crippen LogP contribution in [0.5, 0.6) is 0 Å². The number of aromatic nitrogens is 2. The number of benzene rings is 1. The van der Waals surface area contributed by atoms with E-state index >= 15 is 0 Å². The van der Waals surface area contributed by atoms with Crippen molar-refractivity contribution in [2.75, 3.05) is 49.7 Å². The van der Waals surface area contributed by atoms with Crippen LogP contribution in [-0.2, 0) is 9.47 Å². The maximum atomic E-state index is 5.70. The Bertz CT molecular complexity index is 683. The average molecular weight is 340 g/mol. The molecule has 6 heteroatoms. The van der Waals surface area contributed by atoms with Gasteiger partial charge in [-0.3, -0.25) is 0 Å². The van der Waals surface area contributed by atoms with Crippen molar-refractivity contribution in [1.29, 1.82) is 0 Å². The molecule has 1 aromatic heterocycles. The van der Waals surface area contributed by atoms with Crippen molar-refractivity contribution in [2.24, 2.45) is 0 Å². The maximum absolute atomic E-state index is 5.70. The van der Waals surface area contributed by atoms with Crippen LogP contribution in [0.2, 0.25) is 0 Å². The van der Waals surface area contributed by atoms with E-state index < -0.39 is 0 Å². The summed E-state index contributed by atoms with van der Waals surface area (Å²) < 4.78 is 11.2. The highest BCUT2D eigenvalue weighted by Gasteiger charge is 2.18. The molecule has 0 radical (unpaired) electrons. The molecule has 0 aliphatic carbocycles. The van der Waals surface area contributed by atoms with Gasteiger partial charge in [0.1, 0.15) is 11.6 Å². The predicted octanol–water partition coefficient (Wildman–Crippen LogP) is 2.57. The standard InChI is InChI=1S/C19H24N4O2/c1-2-5-15(6-3-1)19-21-17(20-14-16-7-4-10-25-16)13-18(22-19)23-8-11-24-12-9-23/h1-3,5-6,13,16H,4,7-12,14H2,(H,20,21,22). The van der Waals surface area contributed by atoms with Crippen molar-refractivity contribution in [3.63, 3.8) is 0 Å². The van der Waals surface area contributed by atoms with Crippen molar-refractivity contribution in [3.8, 4) is 11.4 Å². The van der Waals surface area contributed by atoms with Crippen molar-refractivity contribution < 1.29 is 9.47 Å². The van der Waals surface area contributed by atoms with Crippen LogP contribution < -0.4 is 10.2 Å². The number of morpholine rings is 1. The van der Waals surface area contributed by atoms with E-state index in [2.05, 4.69) is 10.2 Å². The van der Waals surface area contributed by atoms with Gasteiger partial charge in [0.2, 0.25) is 0 Å². The second-order valence-corrected chi connectivity index (χ2v) is 6.42. The molecule has 1 aromatic carbocycles. The van der Waals surface area contributed by atoms with Crippen LogP contribution in [0.4, 0.5) is 11.6 Å². The molecular formula is C19H24N4O2. The Balaban J connectivity index is 1.59. The summed E-state index contributed by atoms with van der Waals surface area (Å²) in [5.41, 5.74) is 1.03. The van der Waals surface area contributed by atoms with Crippen molar-refractivity contribution in [3.05, 3.63) is 36.4 Å². The summed E-state index contributed by atoms with van der Waals surface area (Å²) in [6, 6.07) is 12.2. The number of nitrogens with zero attached hydrogens (tertiary/aromatic N) is 3. The number of anilines is 2. The van der Waals surface area contributed by atoms with Gasteiger partial charge < -0.3 is 19.7 Å². The molecule has 1 N–H and O–H groups in total. The normalized spacial score (nSPS) is 20.6. The first-order valence-electron chi connectivity index (χ1n) is 9.01. The maximum Gasteiger partial charge on any atom is 0.163 e. The molecule has 0 bridgehead atoms. The Morgan fingerprint density at radius 3 is 2.68 bits per heavy atom. The molecule has 1 unspecified atom stereocenters. The van der Waals surface area contributed by atoms with Crippen LogP contribution in [0, 0.1) is 0 Å². The molecule has 25 heavy (non-hydrogen) atoms. The average Bonchev–Trinajstić information content (AvgIpc) is 3.21. The second-order valence-electron chi connectivity index (χ2n) is 6.42. The van der Waals surface area contributed by atoms with Gasteiger partial charge in [0.25, 0.3) is 0 Å². The summed E-state index contributed by atoms with van der Waals surface area (Å²) in [6.07, 6.45) is 2.53. The zero-order valence-electron chi connectivity index (χ0n) is 14.4. The highest BCUT2D eigenvalue weighted by Crippen LogP contribution is 2.23. The van der Waals surface area contributed by atoms with Crippen LogP contribution in [-0.4, -0.2) is 55.5 Å². The number of rotatable bonds is 5. The van der Waals surface area contributed by atoms with E-state index in [1.165, 1.54) is 0 Å². The fraction of sp³-hybridized carbons (Fsp3) is 0.474. The summed E-state index contributed by atoms with van der Waals surface area (Å²) in [4.78, 5) is 11.8. The third-order valence-electron chi connectivity index (χ3n) is 4.61. The zero-order chi connectivity index (χ0) is 16.9. The van der Waals surface area contributed by atoms with Gasteiger partial charge in [-0.25, -0.2) is 9.97 Å². The zero-order valence-corrected chi connectivity index (χ0v) is 14.4. The molecule has 2 fully saturated rings. The Kier molecular flexibility index (Phi) is 5.09. The van der Waals surface area contributed by atoms with Crippen LogP contribution in [0.3, 0.4) is 0 Å². The van der Waals surface area contributed by atoms with Crippen molar-refractivity contribution in [1.82, 2.24) is 9.97 Å². The van der Waals surface area contributed by atoms with E-state index in [1.807, 2.05) is 36.4 Å². The number of hydrogen-bond donors (Lipinski definition) is 1. The molecule has 2 aromatic rings. The van der Waals surface area contributed by atoms with Gasteiger partial charge in [0.15, 0.2) is 5.82 Å². The molecule has 2 aliphatic heterocycles. The Hall–Kier alpha value is -2.18. The third-order valence-corrected chi connectivity index (χ3v) is 4.61. The van der Waals surface area contributed by atoms with Gasteiger partial charge in [-0.2, -0.15) is 0 Å². The minimum atomic E-state index is 0.280. The van der Waals surface area contributed by atoms with Crippen LogP contribution in [0.15, 0.2) is 36.4 Å². The fourth-order valence-corrected chi connectivity index (χ4v) is 3.22. The summed E-state index contributed by atoms with van der Waals surface area (Å²) in [5, 5.41) is 3.44. The van der Waals surface area contributed by atoms with Gasteiger partial charge in [0, 0.05) is 37.9 Å². The number of hydrogen-bond acceptors (Lipinski definition) is 6. The highest BCUT2D eigenvalue weighted by molar-refractivity contribution is 5.61. The quantitative estimate of drug-likeness (QED) is 0.903. The van der Waals surface area contributed by atoms with E-state index in [4.69, 9.17) is 19.4 Å². The molecule has 3 heterocycles. The van der Waals surface area contributed by atoms with Crippen LogP contribution in [0.25, 0.3) is 11.4 Å². The van der Waals surface area contributed by atoms with E-state index in [0.29, 0.717) is 0 Å². The molecule has 2 saturated heterocycles. The minimum Gasteiger partial charge on any atom is -0.378 e. The Morgan fingerprint density at radius 2 is 1.92 bits per heavy atom. The smallest absolute Gasteiger partial charge is 0.163 e. The SMILES string of the molecule is c1ccc(-c2nc(NCC3CCCO3)cc(N3CCOCC3)n2)cc1. The first-order valence-corrected chi connectivity index (χ1v) is 9.01. The van der Waals surface area contributed by atoms with Gasteiger partial charge >= 0.3 is 0 Å². The topological polar surface area (TPSA) is 59.5 Å². The molecule has 4 rings (SSSR count). The summed E-state index contributed by atoms with van der Waals surface area (Å²) in [5.74, 6) is 2.55. The highest BCUT2D eigenvalue weighted by atomic mass is 16.5. The minimum absolute atomic E-state index is 0.280. The first kappa shape index (κ1) is 16.3. The first-order chi connectivity index (χ1) is 12.4. The predicted molar refractivity (Wildman–Crippen MR) is 98.0 cm³/mol. The van der Waals surface area contributed by atoms with E-state index in [9.17, 15) is 0 Å². The lowest BCUT2D eigenvalue weighted by molar-refractivity contribution is 0.120. The second kappa shape index (κ2) is 7.80. The fourth-order valence-electron chi connectivity index (χ4n) is 3.22. The molecule has 0 spiro atoms. The lowest BCUT2D eigenvalue weighted by Gasteiger charge is -2.28. The third kappa shape index (κ3) is 4.08. The number of nitrogens with one attached hydrogen (secondary N) is 1. The van der Waals surface area contributed by atoms with E-state index in [1.54, 1.807) is 0 Å². The Labute approximate surface area is 148 Å².